The smallest absolute Gasteiger partial charge is 0.222 e. The second kappa shape index (κ2) is 36.7. The summed E-state index contributed by atoms with van der Waals surface area (Å²) >= 11 is 0. The van der Waals surface area contributed by atoms with E-state index in [0.717, 1.165) is 32.1 Å². The molecule has 1 amide bonds. The maximum atomic E-state index is 12.3. The Morgan fingerprint density at radius 2 is 0.935 bits per heavy atom. The minimum atomic E-state index is -0.946. The SMILES string of the molecule is CCCCCCCCCCCCCCCCCCCC/C=C/CC/C=C/C(O)C(CO)NC(=O)CC(O)CCCCCCCCC. The van der Waals surface area contributed by atoms with Crippen molar-refractivity contribution in [2.75, 3.05) is 6.61 Å². The molecule has 0 spiro atoms. The quantitative estimate of drug-likeness (QED) is 0.0401. The Morgan fingerprint density at radius 1 is 0.543 bits per heavy atom. The van der Waals surface area contributed by atoms with Crippen molar-refractivity contribution in [1.29, 1.82) is 0 Å². The highest BCUT2D eigenvalue weighted by atomic mass is 16.3. The van der Waals surface area contributed by atoms with E-state index >= 15 is 0 Å². The first-order valence-electron chi connectivity index (χ1n) is 20.1. The van der Waals surface area contributed by atoms with Gasteiger partial charge >= 0.3 is 0 Å². The van der Waals surface area contributed by atoms with E-state index in [-0.39, 0.29) is 18.9 Å². The van der Waals surface area contributed by atoms with Crippen molar-refractivity contribution in [3.63, 3.8) is 0 Å². The van der Waals surface area contributed by atoms with E-state index in [1.165, 1.54) is 148 Å². The predicted octanol–water partition coefficient (Wildman–Crippen LogP) is 11.0. The number of nitrogens with one attached hydrogen (secondary N) is 1. The van der Waals surface area contributed by atoms with Crippen LogP contribution >= 0.6 is 0 Å². The summed E-state index contributed by atoms with van der Waals surface area (Å²) in [5.74, 6) is -0.329. The molecule has 0 aromatic heterocycles. The third kappa shape index (κ3) is 32.8. The van der Waals surface area contributed by atoms with Gasteiger partial charge in [0.2, 0.25) is 5.91 Å². The van der Waals surface area contributed by atoms with E-state index in [1.807, 2.05) is 6.08 Å². The molecule has 3 unspecified atom stereocenters. The lowest BCUT2D eigenvalue weighted by Gasteiger charge is -2.21. The van der Waals surface area contributed by atoms with Crippen molar-refractivity contribution in [1.82, 2.24) is 5.32 Å². The molecule has 0 rings (SSSR count). The van der Waals surface area contributed by atoms with Crippen molar-refractivity contribution in [2.24, 2.45) is 0 Å². The number of carbonyl (C=O) groups is 1. The topological polar surface area (TPSA) is 89.8 Å². The number of carbonyl (C=O) groups excluding carboxylic acids is 1. The van der Waals surface area contributed by atoms with Crippen LogP contribution in [0.15, 0.2) is 24.3 Å². The minimum absolute atomic E-state index is 0.00698. The fourth-order valence-corrected chi connectivity index (χ4v) is 6.12. The summed E-state index contributed by atoms with van der Waals surface area (Å²) in [6, 6.07) is -0.755. The second-order valence-electron chi connectivity index (χ2n) is 13.9. The van der Waals surface area contributed by atoms with Gasteiger partial charge in [-0.15, -0.1) is 0 Å². The summed E-state index contributed by atoms with van der Waals surface area (Å²) in [5.41, 5.74) is 0. The standard InChI is InChI=1S/C41H79NO4/c1-3-5-7-9-11-12-13-14-15-16-17-18-19-20-21-22-23-24-25-26-27-29-31-33-35-40(45)39(37-43)42-41(46)36-38(44)34-32-30-28-10-8-6-4-2/h26-27,33,35,38-40,43-45H,3-25,28-32,34,36-37H2,1-2H3,(H,42,46)/b27-26+,35-33+. The van der Waals surface area contributed by atoms with E-state index in [0.29, 0.717) is 6.42 Å². The Balaban J connectivity index is 3.64. The number of unbranched alkanes of at least 4 members (excludes halogenated alkanes) is 25. The maximum Gasteiger partial charge on any atom is 0.222 e. The number of hydrogen-bond donors (Lipinski definition) is 4. The number of aliphatic hydroxyl groups is 3. The van der Waals surface area contributed by atoms with E-state index < -0.39 is 18.2 Å². The van der Waals surface area contributed by atoms with Crippen LogP contribution < -0.4 is 5.32 Å². The zero-order valence-corrected chi connectivity index (χ0v) is 30.7. The van der Waals surface area contributed by atoms with Crippen molar-refractivity contribution >= 4 is 5.91 Å². The molecule has 0 aromatic rings. The normalized spacial score (nSPS) is 13.9. The molecule has 0 saturated carbocycles. The van der Waals surface area contributed by atoms with Gasteiger partial charge in [0.1, 0.15) is 0 Å². The molecule has 0 radical (unpaired) electrons. The van der Waals surface area contributed by atoms with Gasteiger partial charge in [-0.1, -0.05) is 192 Å². The van der Waals surface area contributed by atoms with Gasteiger partial charge < -0.3 is 20.6 Å². The Bertz CT molecular complexity index is 679. The van der Waals surface area contributed by atoms with E-state index in [9.17, 15) is 20.1 Å². The van der Waals surface area contributed by atoms with E-state index in [4.69, 9.17) is 0 Å². The van der Waals surface area contributed by atoms with Crippen LogP contribution in [0.1, 0.15) is 206 Å². The van der Waals surface area contributed by atoms with Gasteiger partial charge in [0, 0.05) is 0 Å². The third-order valence-corrected chi connectivity index (χ3v) is 9.24. The van der Waals surface area contributed by atoms with Crippen molar-refractivity contribution in [3.8, 4) is 0 Å². The molecule has 0 aromatic carbocycles. The van der Waals surface area contributed by atoms with Crippen LogP contribution in [-0.2, 0) is 4.79 Å². The molecule has 3 atom stereocenters. The van der Waals surface area contributed by atoms with Crippen LogP contribution in [0, 0.1) is 0 Å². The van der Waals surface area contributed by atoms with Crippen LogP contribution in [0.25, 0.3) is 0 Å². The summed E-state index contributed by atoms with van der Waals surface area (Å²) in [6.07, 6.45) is 43.4. The molecule has 0 aliphatic heterocycles. The minimum Gasteiger partial charge on any atom is -0.394 e. The molecule has 0 aliphatic carbocycles. The van der Waals surface area contributed by atoms with Gasteiger partial charge in [0.15, 0.2) is 0 Å². The molecule has 0 heterocycles. The van der Waals surface area contributed by atoms with E-state index in [2.05, 4.69) is 31.3 Å². The van der Waals surface area contributed by atoms with Crippen LogP contribution in [0.5, 0.6) is 0 Å². The van der Waals surface area contributed by atoms with Gasteiger partial charge in [-0.2, -0.15) is 0 Å². The summed E-state index contributed by atoms with van der Waals surface area (Å²) < 4.78 is 0. The Labute approximate surface area is 286 Å². The first-order valence-corrected chi connectivity index (χ1v) is 20.1. The number of amides is 1. The number of rotatable bonds is 36. The number of allylic oxidation sites excluding steroid dienone is 3. The summed E-state index contributed by atoms with van der Waals surface area (Å²) in [4.78, 5) is 12.3. The van der Waals surface area contributed by atoms with Gasteiger partial charge in [-0.05, 0) is 32.1 Å². The summed E-state index contributed by atoms with van der Waals surface area (Å²) in [5, 5.41) is 32.9. The average Bonchev–Trinajstić information content (AvgIpc) is 3.05. The summed E-state index contributed by atoms with van der Waals surface area (Å²) in [6.45, 7) is 4.15. The highest BCUT2D eigenvalue weighted by molar-refractivity contribution is 5.76. The van der Waals surface area contributed by atoms with Crippen LogP contribution in [0.2, 0.25) is 0 Å². The Morgan fingerprint density at radius 3 is 1.39 bits per heavy atom. The molecule has 46 heavy (non-hydrogen) atoms. The second-order valence-corrected chi connectivity index (χ2v) is 13.9. The van der Waals surface area contributed by atoms with Crippen LogP contribution in [0.4, 0.5) is 0 Å². The number of hydrogen-bond acceptors (Lipinski definition) is 4. The molecular weight excluding hydrogens is 570 g/mol. The van der Waals surface area contributed by atoms with Crippen molar-refractivity contribution in [2.45, 2.75) is 225 Å². The predicted molar refractivity (Wildman–Crippen MR) is 199 cm³/mol. The largest absolute Gasteiger partial charge is 0.394 e. The van der Waals surface area contributed by atoms with Crippen LogP contribution in [0.3, 0.4) is 0 Å². The molecule has 0 bridgehead atoms. The lowest BCUT2D eigenvalue weighted by Crippen LogP contribution is -2.45. The molecule has 0 saturated heterocycles. The van der Waals surface area contributed by atoms with E-state index in [1.54, 1.807) is 6.08 Å². The molecular formula is C41H79NO4. The monoisotopic (exact) mass is 650 g/mol. The molecule has 0 fully saturated rings. The van der Waals surface area contributed by atoms with Gasteiger partial charge in [0.25, 0.3) is 0 Å². The zero-order valence-electron chi connectivity index (χ0n) is 30.7. The molecule has 272 valence electrons. The van der Waals surface area contributed by atoms with Gasteiger partial charge in [0.05, 0.1) is 31.3 Å². The van der Waals surface area contributed by atoms with Gasteiger partial charge in [-0.25, -0.2) is 0 Å². The molecule has 5 heteroatoms. The van der Waals surface area contributed by atoms with Gasteiger partial charge in [-0.3, -0.25) is 4.79 Å². The zero-order chi connectivity index (χ0) is 33.8. The molecule has 5 nitrogen and oxygen atoms in total. The fraction of sp³-hybridized carbons (Fsp3) is 0.878. The molecule has 0 aliphatic rings. The highest BCUT2D eigenvalue weighted by Gasteiger charge is 2.20. The average molecular weight is 650 g/mol. The molecule has 4 N–H and O–H groups in total. The lowest BCUT2D eigenvalue weighted by molar-refractivity contribution is -0.124. The van der Waals surface area contributed by atoms with Crippen molar-refractivity contribution in [3.05, 3.63) is 24.3 Å². The maximum absolute atomic E-state index is 12.3. The highest BCUT2D eigenvalue weighted by Crippen LogP contribution is 2.15. The van der Waals surface area contributed by atoms with Crippen LogP contribution in [-0.4, -0.2) is 46.1 Å². The third-order valence-electron chi connectivity index (χ3n) is 9.24. The fourth-order valence-electron chi connectivity index (χ4n) is 6.12. The first-order chi connectivity index (χ1) is 22.5. The Hall–Kier alpha value is -1.17. The Kier molecular flexibility index (Phi) is 35.7. The first kappa shape index (κ1) is 44.8. The van der Waals surface area contributed by atoms with Crippen molar-refractivity contribution < 1.29 is 20.1 Å². The summed E-state index contributed by atoms with van der Waals surface area (Å²) in [7, 11) is 0. The lowest BCUT2D eigenvalue weighted by atomic mass is 10.0. The number of aliphatic hydroxyl groups excluding tert-OH is 3.